The molecule has 10 nitrogen and oxygen atoms in total. The smallest absolute Gasteiger partial charge is 0.432 e. The number of alkyl halides is 11. The number of aromatic amines is 1. The van der Waals surface area contributed by atoms with Gasteiger partial charge in [0.15, 0.2) is 23.7 Å². The molecule has 0 unspecified atom stereocenters. The third-order valence-electron chi connectivity index (χ3n) is 8.99. The number of rotatable bonds is 13. The van der Waals surface area contributed by atoms with Crippen LogP contribution in [0.15, 0.2) is 30.3 Å². The maximum absolute atomic E-state index is 14.0. The van der Waals surface area contributed by atoms with Crippen LogP contribution in [-0.4, -0.2) is 55.6 Å². The number of nitrogens with one attached hydrogen (secondary N) is 3. The van der Waals surface area contributed by atoms with E-state index in [1.807, 2.05) is 0 Å². The molecular weight excluding hydrogens is 751 g/mol. The van der Waals surface area contributed by atoms with Crippen LogP contribution in [0, 0.1) is 11.8 Å². The van der Waals surface area contributed by atoms with Crippen LogP contribution in [0.4, 0.5) is 59.9 Å². The highest BCUT2D eigenvalue weighted by Gasteiger charge is 2.41. The van der Waals surface area contributed by atoms with Crippen molar-refractivity contribution in [2.45, 2.75) is 76.4 Å². The minimum absolute atomic E-state index is 0.00336. The van der Waals surface area contributed by atoms with E-state index in [2.05, 4.69) is 25.7 Å². The maximum Gasteiger partial charge on any atom is 0.432 e. The number of pyridine rings is 1. The molecule has 1 saturated carbocycles. The summed E-state index contributed by atoms with van der Waals surface area (Å²) in [5.74, 6) is -3.70. The first kappa shape index (κ1) is 40.2. The third-order valence-corrected chi connectivity index (χ3v) is 8.99. The van der Waals surface area contributed by atoms with Gasteiger partial charge in [-0.25, -0.2) is 13.8 Å². The first-order valence-corrected chi connectivity index (χ1v) is 16.5. The number of nitrogens with zero attached hydrogens (tertiary/aromatic N) is 4. The van der Waals surface area contributed by atoms with Crippen molar-refractivity contribution in [3.8, 4) is 5.88 Å². The number of halogens is 11. The topological polar surface area (TPSA) is 127 Å². The Labute approximate surface area is 298 Å². The van der Waals surface area contributed by atoms with Crippen LogP contribution >= 0.6 is 0 Å². The van der Waals surface area contributed by atoms with Crippen molar-refractivity contribution in [3.05, 3.63) is 58.4 Å². The van der Waals surface area contributed by atoms with Gasteiger partial charge in [-0.05, 0) is 61.8 Å². The van der Waals surface area contributed by atoms with Crippen LogP contribution in [0.1, 0.15) is 82.6 Å². The van der Waals surface area contributed by atoms with E-state index in [9.17, 15) is 57.9 Å². The fourth-order valence-corrected chi connectivity index (χ4v) is 6.15. The van der Waals surface area contributed by atoms with Gasteiger partial charge in [0.05, 0.1) is 22.7 Å². The molecule has 1 aromatic carbocycles. The summed E-state index contributed by atoms with van der Waals surface area (Å²) in [5, 5.41) is 9.79. The number of carbonyl (C=O) groups is 2. The number of aromatic nitrogens is 5. The number of hydrogen-bond donors (Lipinski definition) is 3. The van der Waals surface area contributed by atoms with E-state index in [0.29, 0.717) is 31.4 Å². The highest BCUT2D eigenvalue weighted by atomic mass is 19.4. The molecule has 0 atom stereocenters. The summed E-state index contributed by atoms with van der Waals surface area (Å²) < 4.78 is 152. The number of anilines is 2. The van der Waals surface area contributed by atoms with Crippen molar-refractivity contribution < 1.29 is 62.6 Å². The van der Waals surface area contributed by atoms with E-state index in [1.165, 1.54) is 17.7 Å². The Bertz CT molecular complexity index is 1960. The number of aryl methyl sites for hydroxylation is 1. The molecule has 54 heavy (non-hydrogen) atoms. The predicted octanol–water partition coefficient (Wildman–Crippen LogP) is 8.77. The lowest BCUT2D eigenvalue weighted by molar-refractivity contribution is -0.184. The molecule has 3 N–H and O–H groups in total. The molecule has 1 aliphatic carbocycles. The van der Waals surface area contributed by atoms with Crippen LogP contribution in [-0.2, 0) is 25.9 Å². The normalized spacial score (nSPS) is 16.9. The Balaban J connectivity index is 1.34. The van der Waals surface area contributed by atoms with Gasteiger partial charge < -0.3 is 15.4 Å². The van der Waals surface area contributed by atoms with Gasteiger partial charge in [0.2, 0.25) is 11.8 Å². The van der Waals surface area contributed by atoms with Gasteiger partial charge in [0.25, 0.3) is 12.3 Å². The second-order valence-corrected chi connectivity index (χ2v) is 12.8. The largest absolute Gasteiger partial charge is 0.471 e. The van der Waals surface area contributed by atoms with Crippen LogP contribution in [0.25, 0.3) is 11.2 Å². The zero-order valence-corrected chi connectivity index (χ0v) is 28.2. The van der Waals surface area contributed by atoms with E-state index in [-0.39, 0.29) is 59.8 Å². The molecule has 0 radical (unpaired) electrons. The standard InChI is InChI=1S/C33H32F11N7O3/c1-51-27-22(12-19(29(48-27)54-15-26(34)35)24(52)4-2-3-16-5-8-18(9-6-16)31(36,37)38)47-30(51)46-21-11-17(7-10-20(21)32(39,40)41)14-45-28(53)23-13-25(50-49-23)33(42,43)44/h7,10-13,16,18,26H,2-6,8-9,14-15H2,1H3,(H,45,53)(H,46,47)(H,49,50). The quantitative estimate of drug-likeness (QED) is 0.0915. The van der Waals surface area contributed by atoms with Gasteiger partial charge in [-0.15, -0.1) is 0 Å². The molecule has 0 aliphatic heterocycles. The zero-order chi connectivity index (χ0) is 39.6. The summed E-state index contributed by atoms with van der Waals surface area (Å²) in [7, 11) is 1.34. The molecule has 3 heterocycles. The fourth-order valence-electron chi connectivity index (χ4n) is 6.15. The number of hydrogen-bond acceptors (Lipinski definition) is 7. The minimum atomic E-state index is -4.90. The summed E-state index contributed by atoms with van der Waals surface area (Å²) >= 11 is 0. The number of imidazole rings is 1. The predicted molar refractivity (Wildman–Crippen MR) is 169 cm³/mol. The van der Waals surface area contributed by atoms with Crippen LogP contribution in [0.2, 0.25) is 0 Å². The second-order valence-electron chi connectivity index (χ2n) is 12.8. The van der Waals surface area contributed by atoms with Crippen molar-refractivity contribution in [2.24, 2.45) is 18.9 Å². The summed E-state index contributed by atoms with van der Waals surface area (Å²) in [6.45, 7) is -1.55. The second kappa shape index (κ2) is 15.8. The number of ketones is 1. The number of Topliss-reactive ketones (excluding diaryl/α,β-unsaturated/α-hetero) is 1. The van der Waals surface area contributed by atoms with Crippen LogP contribution < -0.4 is 15.4 Å². The Morgan fingerprint density at radius 1 is 0.963 bits per heavy atom. The Kier molecular flexibility index (Phi) is 11.8. The first-order valence-electron chi connectivity index (χ1n) is 16.5. The van der Waals surface area contributed by atoms with Crippen molar-refractivity contribution in [1.29, 1.82) is 0 Å². The summed E-state index contributed by atoms with van der Waals surface area (Å²) in [6.07, 6.45) is -15.6. The average molecular weight is 784 g/mol. The van der Waals surface area contributed by atoms with Gasteiger partial charge in [-0.3, -0.25) is 19.3 Å². The molecular formula is C33H32F11N7O3. The lowest BCUT2D eigenvalue weighted by Gasteiger charge is -2.29. The van der Waals surface area contributed by atoms with E-state index in [1.54, 1.807) is 5.10 Å². The molecule has 5 rings (SSSR count). The van der Waals surface area contributed by atoms with Gasteiger partial charge in [0, 0.05) is 26.1 Å². The fraction of sp³-hybridized carbons (Fsp3) is 0.485. The molecule has 1 aliphatic rings. The summed E-state index contributed by atoms with van der Waals surface area (Å²) in [4.78, 5) is 34.1. The summed E-state index contributed by atoms with van der Waals surface area (Å²) in [6, 6.07) is 4.42. The van der Waals surface area contributed by atoms with E-state index in [0.717, 1.165) is 12.1 Å². The molecule has 0 bridgehead atoms. The molecule has 0 spiro atoms. The average Bonchev–Trinajstić information content (AvgIpc) is 3.71. The molecule has 294 valence electrons. The van der Waals surface area contributed by atoms with E-state index in [4.69, 9.17) is 4.74 Å². The molecule has 0 saturated heterocycles. The van der Waals surface area contributed by atoms with Gasteiger partial charge >= 0.3 is 18.5 Å². The van der Waals surface area contributed by atoms with E-state index >= 15 is 0 Å². The lowest BCUT2D eigenvalue weighted by Crippen LogP contribution is -2.27. The van der Waals surface area contributed by atoms with Crippen molar-refractivity contribution in [2.75, 3.05) is 11.9 Å². The van der Waals surface area contributed by atoms with E-state index < -0.39 is 84.2 Å². The number of amides is 1. The Hall–Kier alpha value is -4.98. The Morgan fingerprint density at radius 2 is 1.67 bits per heavy atom. The number of ether oxygens (including phenoxy) is 1. The van der Waals surface area contributed by atoms with Crippen molar-refractivity contribution >= 4 is 34.5 Å². The van der Waals surface area contributed by atoms with Gasteiger partial charge in [0.1, 0.15) is 11.2 Å². The van der Waals surface area contributed by atoms with Gasteiger partial charge in [-0.1, -0.05) is 12.5 Å². The van der Waals surface area contributed by atoms with Crippen molar-refractivity contribution in [3.63, 3.8) is 0 Å². The molecule has 4 aromatic rings. The molecule has 21 heteroatoms. The monoisotopic (exact) mass is 783 g/mol. The molecule has 3 aromatic heterocycles. The number of benzene rings is 1. The number of H-pyrrole nitrogens is 1. The van der Waals surface area contributed by atoms with Gasteiger partial charge in [-0.2, -0.15) is 49.6 Å². The SMILES string of the molecule is Cn1c(Nc2cc(CNC(=O)c3cc(C(F)(F)F)[nH]n3)ccc2C(F)(F)F)nc2cc(C(=O)CCCC3CCC(C(F)(F)F)CC3)c(OCC(F)F)nc21. The lowest BCUT2D eigenvalue weighted by atomic mass is 9.79. The molecule has 1 amide bonds. The highest BCUT2D eigenvalue weighted by Crippen LogP contribution is 2.41. The number of fused-ring (bicyclic) bond motifs is 1. The third kappa shape index (κ3) is 9.76. The molecule has 1 fully saturated rings. The minimum Gasteiger partial charge on any atom is -0.471 e. The zero-order valence-electron chi connectivity index (χ0n) is 28.2. The van der Waals surface area contributed by atoms with Crippen LogP contribution in [0.5, 0.6) is 5.88 Å². The van der Waals surface area contributed by atoms with Crippen molar-refractivity contribution in [1.82, 2.24) is 30.0 Å². The summed E-state index contributed by atoms with van der Waals surface area (Å²) in [5.41, 5.74) is -3.82. The maximum atomic E-state index is 14.0. The highest BCUT2D eigenvalue weighted by molar-refractivity contribution is 6.00. The Morgan fingerprint density at radius 3 is 2.28 bits per heavy atom. The van der Waals surface area contributed by atoms with Crippen LogP contribution in [0.3, 0.4) is 0 Å². The number of carbonyl (C=O) groups excluding carboxylic acids is 2. The first-order chi connectivity index (χ1) is 25.2.